The Labute approximate surface area is 66.9 Å². The first-order chi connectivity index (χ1) is 5.29. The standard InChI is InChI=1S/C7H10BN3/c1-11-3-6(8)5-2-9-4-10-7(5)11/h2-5,7H,8H2,1H3. The zero-order chi connectivity index (χ0) is 7.84. The molecular formula is C7H10BN3. The first-order valence-electron chi connectivity index (χ1n) is 3.74. The van der Waals surface area contributed by atoms with Gasteiger partial charge >= 0.3 is 0 Å². The summed E-state index contributed by atoms with van der Waals surface area (Å²) in [5.74, 6) is 0.407. The van der Waals surface area contributed by atoms with E-state index < -0.39 is 0 Å². The van der Waals surface area contributed by atoms with E-state index in [9.17, 15) is 0 Å². The van der Waals surface area contributed by atoms with Crippen LogP contribution in [0.5, 0.6) is 0 Å². The van der Waals surface area contributed by atoms with Gasteiger partial charge in [-0.25, -0.2) is 9.98 Å². The SMILES string of the molecule is BC1=CN(C)C2N=CN=CC12. The summed E-state index contributed by atoms with van der Waals surface area (Å²) < 4.78 is 0. The van der Waals surface area contributed by atoms with Gasteiger partial charge in [-0.05, 0) is 6.20 Å². The average molecular weight is 147 g/mol. The summed E-state index contributed by atoms with van der Waals surface area (Å²) in [4.78, 5) is 10.4. The highest BCUT2D eigenvalue weighted by Gasteiger charge is 2.29. The molecule has 0 amide bonds. The lowest BCUT2D eigenvalue weighted by molar-refractivity contribution is 0.344. The first-order valence-corrected chi connectivity index (χ1v) is 3.74. The van der Waals surface area contributed by atoms with Crippen molar-refractivity contribution >= 4 is 20.4 Å². The molecule has 2 aliphatic rings. The van der Waals surface area contributed by atoms with Crippen LogP contribution in [0, 0.1) is 5.92 Å². The Morgan fingerprint density at radius 2 is 2.45 bits per heavy atom. The monoisotopic (exact) mass is 147 g/mol. The molecule has 11 heavy (non-hydrogen) atoms. The maximum Gasteiger partial charge on any atom is 0.136 e. The van der Waals surface area contributed by atoms with Crippen LogP contribution in [0.25, 0.3) is 0 Å². The van der Waals surface area contributed by atoms with Crippen LogP contribution in [-0.2, 0) is 0 Å². The lowest BCUT2D eigenvalue weighted by Crippen LogP contribution is -2.30. The van der Waals surface area contributed by atoms with Gasteiger partial charge in [0.15, 0.2) is 0 Å². The van der Waals surface area contributed by atoms with Gasteiger partial charge in [0, 0.05) is 19.2 Å². The third kappa shape index (κ3) is 0.896. The molecule has 0 saturated carbocycles. The van der Waals surface area contributed by atoms with Crippen molar-refractivity contribution in [1.82, 2.24) is 4.90 Å². The predicted molar refractivity (Wildman–Crippen MR) is 48.7 cm³/mol. The van der Waals surface area contributed by atoms with Crippen molar-refractivity contribution in [2.75, 3.05) is 7.05 Å². The predicted octanol–water partition coefficient (Wildman–Crippen LogP) is -0.539. The van der Waals surface area contributed by atoms with Gasteiger partial charge in [-0.3, -0.25) is 0 Å². The zero-order valence-electron chi connectivity index (χ0n) is 6.73. The topological polar surface area (TPSA) is 28.0 Å². The molecule has 3 nitrogen and oxygen atoms in total. The van der Waals surface area contributed by atoms with Crippen LogP contribution in [0.1, 0.15) is 0 Å². The molecule has 0 aromatic heterocycles. The highest BCUT2D eigenvalue weighted by molar-refractivity contribution is 6.23. The molecule has 2 atom stereocenters. The summed E-state index contributed by atoms with van der Waals surface area (Å²) in [6.45, 7) is 0. The van der Waals surface area contributed by atoms with Crippen molar-refractivity contribution in [3.05, 3.63) is 11.7 Å². The van der Waals surface area contributed by atoms with Crippen LogP contribution >= 0.6 is 0 Å². The van der Waals surface area contributed by atoms with Gasteiger partial charge in [-0.15, -0.1) is 0 Å². The number of hydrogen-bond donors (Lipinski definition) is 0. The van der Waals surface area contributed by atoms with Crippen LogP contribution in [0.4, 0.5) is 0 Å². The summed E-state index contributed by atoms with van der Waals surface area (Å²) in [6, 6.07) is 0. The van der Waals surface area contributed by atoms with Gasteiger partial charge in [0.1, 0.15) is 20.4 Å². The molecule has 0 aliphatic carbocycles. The second-order valence-corrected chi connectivity index (χ2v) is 3.04. The molecule has 0 aromatic carbocycles. The molecule has 2 aliphatic heterocycles. The Hall–Kier alpha value is -1.06. The van der Waals surface area contributed by atoms with Crippen molar-refractivity contribution < 1.29 is 0 Å². The second kappa shape index (κ2) is 2.22. The van der Waals surface area contributed by atoms with Crippen molar-refractivity contribution in [2.45, 2.75) is 6.17 Å². The van der Waals surface area contributed by atoms with E-state index in [-0.39, 0.29) is 6.17 Å². The Balaban J connectivity index is 2.31. The van der Waals surface area contributed by atoms with Gasteiger partial charge < -0.3 is 4.90 Å². The molecule has 0 aromatic rings. The van der Waals surface area contributed by atoms with Gasteiger partial charge in [-0.2, -0.15) is 0 Å². The molecule has 0 saturated heterocycles. The molecular weight excluding hydrogens is 137 g/mol. The smallest absolute Gasteiger partial charge is 0.136 e. The summed E-state index contributed by atoms with van der Waals surface area (Å²) in [6.07, 6.45) is 5.99. The molecule has 2 heterocycles. The largest absolute Gasteiger partial charge is 0.359 e. The van der Waals surface area contributed by atoms with Crippen molar-refractivity contribution in [1.29, 1.82) is 0 Å². The van der Waals surface area contributed by atoms with Crippen molar-refractivity contribution in [3.8, 4) is 0 Å². The quantitative estimate of drug-likeness (QED) is 0.423. The third-order valence-corrected chi connectivity index (χ3v) is 2.20. The Bertz CT molecular complexity index is 256. The summed E-state index contributed by atoms with van der Waals surface area (Å²) in [5.41, 5.74) is 1.35. The van der Waals surface area contributed by atoms with Gasteiger partial charge in [0.25, 0.3) is 0 Å². The molecule has 2 rings (SSSR count). The number of fused-ring (bicyclic) bond motifs is 1. The molecule has 4 heteroatoms. The van der Waals surface area contributed by atoms with Gasteiger partial charge in [0.05, 0.1) is 0 Å². The summed E-state index contributed by atoms with van der Waals surface area (Å²) in [7, 11) is 4.17. The van der Waals surface area contributed by atoms with E-state index in [1.807, 2.05) is 13.3 Å². The lowest BCUT2D eigenvalue weighted by Gasteiger charge is -2.22. The van der Waals surface area contributed by atoms with E-state index in [2.05, 4.69) is 28.9 Å². The molecule has 0 bridgehead atoms. The summed E-state index contributed by atoms with van der Waals surface area (Å²) in [5, 5.41) is 0. The van der Waals surface area contributed by atoms with Gasteiger partial charge in [0.2, 0.25) is 0 Å². The fourth-order valence-electron chi connectivity index (χ4n) is 1.60. The average Bonchev–Trinajstić information content (AvgIpc) is 2.30. The summed E-state index contributed by atoms with van der Waals surface area (Å²) >= 11 is 0. The fraction of sp³-hybridized carbons (Fsp3) is 0.429. The van der Waals surface area contributed by atoms with Crippen LogP contribution in [0.15, 0.2) is 21.7 Å². The molecule has 56 valence electrons. The Morgan fingerprint density at radius 1 is 1.64 bits per heavy atom. The molecule has 0 fully saturated rings. The van der Waals surface area contributed by atoms with Crippen LogP contribution in [0.2, 0.25) is 0 Å². The minimum atomic E-state index is 0.271. The van der Waals surface area contributed by atoms with E-state index in [4.69, 9.17) is 0 Å². The van der Waals surface area contributed by atoms with Crippen LogP contribution < -0.4 is 0 Å². The van der Waals surface area contributed by atoms with E-state index in [0.717, 1.165) is 0 Å². The highest BCUT2D eigenvalue weighted by atomic mass is 15.2. The molecule has 2 unspecified atom stereocenters. The van der Waals surface area contributed by atoms with Gasteiger partial charge in [-0.1, -0.05) is 5.47 Å². The highest BCUT2D eigenvalue weighted by Crippen LogP contribution is 2.25. The maximum atomic E-state index is 4.27. The Kier molecular flexibility index (Phi) is 1.34. The fourth-order valence-corrected chi connectivity index (χ4v) is 1.60. The van der Waals surface area contributed by atoms with E-state index in [1.165, 1.54) is 5.47 Å². The maximum absolute atomic E-state index is 4.27. The minimum absolute atomic E-state index is 0.271. The van der Waals surface area contributed by atoms with E-state index in [1.54, 1.807) is 6.34 Å². The normalized spacial score (nSPS) is 33.9. The molecule has 0 N–H and O–H groups in total. The number of nitrogens with zero attached hydrogens (tertiary/aromatic N) is 3. The van der Waals surface area contributed by atoms with E-state index >= 15 is 0 Å². The number of hydrogen-bond acceptors (Lipinski definition) is 3. The van der Waals surface area contributed by atoms with Crippen molar-refractivity contribution in [3.63, 3.8) is 0 Å². The van der Waals surface area contributed by atoms with Crippen LogP contribution in [-0.4, -0.2) is 38.5 Å². The third-order valence-electron chi connectivity index (χ3n) is 2.20. The van der Waals surface area contributed by atoms with Crippen LogP contribution in [0.3, 0.4) is 0 Å². The Morgan fingerprint density at radius 3 is 3.18 bits per heavy atom. The number of rotatable bonds is 0. The lowest BCUT2D eigenvalue weighted by atomic mass is 9.85. The van der Waals surface area contributed by atoms with E-state index in [0.29, 0.717) is 5.92 Å². The number of aliphatic imine (C=N–C) groups is 2. The van der Waals surface area contributed by atoms with Crippen molar-refractivity contribution in [2.24, 2.45) is 15.9 Å². The molecule has 0 spiro atoms. The molecule has 0 radical (unpaired) electrons. The zero-order valence-corrected chi connectivity index (χ0v) is 6.73. The first kappa shape index (κ1) is 6.64. The second-order valence-electron chi connectivity index (χ2n) is 3.04. The minimum Gasteiger partial charge on any atom is -0.359 e.